The van der Waals surface area contributed by atoms with Gasteiger partial charge in [0, 0.05) is 6.54 Å². The van der Waals surface area contributed by atoms with E-state index in [0.717, 1.165) is 12.5 Å². The van der Waals surface area contributed by atoms with Gasteiger partial charge >= 0.3 is 0 Å². The number of nitrogens with one attached hydrogen (secondary N) is 1. The molecule has 2 fully saturated rings. The summed E-state index contributed by atoms with van der Waals surface area (Å²) in [5, 5.41) is 0. The Morgan fingerprint density at radius 1 is 1.57 bits per heavy atom. The number of hydroxylamine groups is 1. The Balaban J connectivity index is 1.95. The number of hydrogen-bond donors (Lipinski definition) is 1. The van der Waals surface area contributed by atoms with E-state index in [1.54, 1.807) is 0 Å². The van der Waals surface area contributed by atoms with Gasteiger partial charge in [0.15, 0.2) is 0 Å². The fraction of sp³-hybridized carbons (Fsp3) is 1.00. The topological polar surface area (TPSA) is 21.3 Å². The van der Waals surface area contributed by atoms with Crippen molar-refractivity contribution < 1.29 is 4.84 Å². The first-order valence-corrected chi connectivity index (χ1v) is 2.85. The molecule has 2 nitrogen and oxygen atoms in total. The second kappa shape index (κ2) is 1.20. The molecule has 7 heavy (non-hydrogen) atoms. The second-order valence-electron chi connectivity index (χ2n) is 2.34. The molecule has 2 atom stereocenters. The summed E-state index contributed by atoms with van der Waals surface area (Å²) in [6, 6.07) is 0. The highest BCUT2D eigenvalue weighted by Gasteiger charge is 2.40. The summed E-state index contributed by atoms with van der Waals surface area (Å²) in [6.45, 7) is 1.06. The van der Waals surface area contributed by atoms with Gasteiger partial charge in [0.25, 0.3) is 0 Å². The van der Waals surface area contributed by atoms with Crippen LogP contribution >= 0.6 is 0 Å². The Labute approximate surface area is 42.8 Å². The van der Waals surface area contributed by atoms with E-state index >= 15 is 0 Å². The highest BCUT2D eigenvalue weighted by Crippen LogP contribution is 2.37. The Bertz CT molecular complexity index is 74.1. The summed E-state index contributed by atoms with van der Waals surface area (Å²) in [7, 11) is 0. The van der Waals surface area contributed by atoms with E-state index in [4.69, 9.17) is 4.84 Å². The van der Waals surface area contributed by atoms with Gasteiger partial charge < -0.3 is 0 Å². The van der Waals surface area contributed by atoms with Crippen molar-refractivity contribution in [3.63, 3.8) is 0 Å². The molecule has 0 aromatic heterocycles. The van der Waals surface area contributed by atoms with Crippen LogP contribution in [0.3, 0.4) is 0 Å². The number of fused-ring (bicyclic) bond motifs is 1. The van der Waals surface area contributed by atoms with Crippen molar-refractivity contribution in [2.24, 2.45) is 5.92 Å². The van der Waals surface area contributed by atoms with Gasteiger partial charge in [-0.1, -0.05) is 0 Å². The highest BCUT2D eigenvalue weighted by molar-refractivity contribution is 4.89. The molecule has 1 aliphatic heterocycles. The molecule has 2 aliphatic rings. The molecule has 40 valence electrons. The van der Waals surface area contributed by atoms with Crippen molar-refractivity contribution in [2.75, 3.05) is 6.54 Å². The van der Waals surface area contributed by atoms with Gasteiger partial charge in [-0.05, 0) is 18.8 Å². The second-order valence-corrected chi connectivity index (χ2v) is 2.34. The molecule has 1 saturated heterocycles. The Morgan fingerprint density at radius 3 is 3.14 bits per heavy atom. The lowest BCUT2D eigenvalue weighted by molar-refractivity contribution is -0.00263. The van der Waals surface area contributed by atoms with Crippen LogP contribution in [0.1, 0.15) is 12.8 Å². The fourth-order valence-corrected chi connectivity index (χ4v) is 1.08. The molecular formula is C5H9NO. The third-order valence-corrected chi connectivity index (χ3v) is 1.71. The molecule has 1 N–H and O–H groups in total. The lowest BCUT2D eigenvalue weighted by Crippen LogP contribution is -2.23. The number of hydrogen-bond acceptors (Lipinski definition) is 2. The summed E-state index contributed by atoms with van der Waals surface area (Å²) in [4.78, 5) is 5.10. The molecule has 1 saturated carbocycles. The van der Waals surface area contributed by atoms with Crippen LogP contribution in [-0.2, 0) is 4.84 Å². The van der Waals surface area contributed by atoms with E-state index < -0.39 is 0 Å². The predicted molar refractivity (Wildman–Crippen MR) is 25.6 cm³/mol. The fourth-order valence-electron chi connectivity index (χ4n) is 1.08. The molecule has 2 rings (SSSR count). The molecule has 0 spiro atoms. The van der Waals surface area contributed by atoms with Crippen LogP contribution in [0.5, 0.6) is 0 Å². The molecule has 1 heterocycles. The van der Waals surface area contributed by atoms with Crippen LogP contribution in [-0.4, -0.2) is 12.6 Å². The zero-order valence-corrected chi connectivity index (χ0v) is 4.18. The summed E-state index contributed by atoms with van der Waals surface area (Å²) >= 11 is 0. The van der Waals surface area contributed by atoms with Crippen molar-refractivity contribution in [1.29, 1.82) is 0 Å². The lowest BCUT2D eigenvalue weighted by Gasteiger charge is -2.09. The van der Waals surface area contributed by atoms with Gasteiger partial charge in [-0.3, -0.25) is 4.84 Å². The Kier molecular flexibility index (Phi) is 0.664. The first-order chi connectivity index (χ1) is 3.47. The predicted octanol–water partition coefficient (Wildman–Crippen LogP) is 0.300. The van der Waals surface area contributed by atoms with Gasteiger partial charge in [0.2, 0.25) is 0 Å². The maximum atomic E-state index is 5.10. The zero-order chi connectivity index (χ0) is 4.69. The van der Waals surface area contributed by atoms with Crippen molar-refractivity contribution in [1.82, 2.24) is 5.48 Å². The van der Waals surface area contributed by atoms with Crippen molar-refractivity contribution >= 4 is 0 Å². The Hall–Kier alpha value is -0.0800. The average Bonchev–Trinajstić information content (AvgIpc) is 2.41. The summed E-state index contributed by atoms with van der Waals surface area (Å²) in [5.74, 6) is 0.918. The normalized spacial score (nSPS) is 48.0. The maximum Gasteiger partial charge on any atom is 0.0823 e. The van der Waals surface area contributed by atoms with Gasteiger partial charge in [0.05, 0.1) is 6.10 Å². The quantitative estimate of drug-likeness (QED) is 0.471. The number of rotatable bonds is 0. The molecule has 0 aromatic carbocycles. The molecule has 2 unspecified atom stereocenters. The third-order valence-electron chi connectivity index (χ3n) is 1.71. The molecular weight excluding hydrogens is 90.1 g/mol. The average molecular weight is 99.1 g/mol. The molecule has 0 radical (unpaired) electrons. The van der Waals surface area contributed by atoms with Crippen LogP contribution in [0.15, 0.2) is 0 Å². The van der Waals surface area contributed by atoms with Crippen LogP contribution in [0.2, 0.25) is 0 Å². The molecule has 0 aromatic rings. The Morgan fingerprint density at radius 2 is 2.57 bits per heavy atom. The summed E-state index contributed by atoms with van der Waals surface area (Å²) in [5.41, 5.74) is 2.88. The van der Waals surface area contributed by atoms with Crippen molar-refractivity contribution in [3.8, 4) is 0 Å². The van der Waals surface area contributed by atoms with Crippen LogP contribution in [0, 0.1) is 5.92 Å². The van der Waals surface area contributed by atoms with E-state index in [2.05, 4.69) is 5.48 Å². The maximum absolute atomic E-state index is 5.10. The van der Waals surface area contributed by atoms with Crippen molar-refractivity contribution in [2.45, 2.75) is 18.9 Å². The first kappa shape index (κ1) is 3.87. The van der Waals surface area contributed by atoms with Crippen LogP contribution in [0.4, 0.5) is 0 Å². The first-order valence-electron chi connectivity index (χ1n) is 2.85. The standard InChI is InChI=1S/C5H9NO/c1-2-6-7-5-3-4(1)5/h4-6H,1-3H2. The van der Waals surface area contributed by atoms with Gasteiger partial charge in [-0.2, -0.15) is 0 Å². The van der Waals surface area contributed by atoms with Crippen LogP contribution in [0.25, 0.3) is 0 Å². The van der Waals surface area contributed by atoms with E-state index in [0.29, 0.717) is 6.10 Å². The van der Waals surface area contributed by atoms with Crippen LogP contribution < -0.4 is 5.48 Å². The summed E-state index contributed by atoms with van der Waals surface area (Å²) in [6.07, 6.45) is 3.21. The van der Waals surface area contributed by atoms with E-state index in [-0.39, 0.29) is 0 Å². The van der Waals surface area contributed by atoms with Gasteiger partial charge in [-0.15, -0.1) is 0 Å². The molecule has 1 aliphatic carbocycles. The zero-order valence-electron chi connectivity index (χ0n) is 4.18. The highest BCUT2D eigenvalue weighted by atomic mass is 16.7. The van der Waals surface area contributed by atoms with Gasteiger partial charge in [-0.25, -0.2) is 5.48 Å². The monoisotopic (exact) mass is 99.1 g/mol. The van der Waals surface area contributed by atoms with E-state index in [1.165, 1.54) is 12.8 Å². The minimum absolute atomic E-state index is 0.591. The van der Waals surface area contributed by atoms with Crippen molar-refractivity contribution in [3.05, 3.63) is 0 Å². The van der Waals surface area contributed by atoms with E-state index in [9.17, 15) is 0 Å². The molecule has 0 bridgehead atoms. The largest absolute Gasteiger partial charge is 0.298 e. The molecule has 0 amide bonds. The third kappa shape index (κ3) is 0.545. The minimum Gasteiger partial charge on any atom is -0.298 e. The lowest BCUT2D eigenvalue weighted by atomic mass is 10.3. The molecule has 2 heteroatoms. The SMILES string of the molecule is C1CC2CC2ON1. The van der Waals surface area contributed by atoms with E-state index in [1.807, 2.05) is 0 Å². The minimum atomic E-state index is 0.591. The summed E-state index contributed by atoms with van der Waals surface area (Å²) < 4.78 is 0. The van der Waals surface area contributed by atoms with Gasteiger partial charge in [0.1, 0.15) is 0 Å². The smallest absolute Gasteiger partial charge is 0.0823 e.